The van der Waals surface area contributed by atoms with Gasteiger partial charge < -0.3 is 15.2 Å². The molecule has 1 aromatic rings. The molecular formula is C11H17NO4S. The Balaban J connectivity index is 2.81. The van der Waals surface area contributed by atoms with Gasteiger partial charge in [0.25, 0.3) is 0 Å². The lowest BCUT2D eigenvalue weighted by atomic mass is 10.3. The fourth-order valence-corrected chi connectivity index (χ4v) is 2.15. The van der Waals surface area contributed by atoms with E-state index in [4.69, 9.17) is 15.2 Å². The predicted octanol–water partition coefficient (Wildman–Crippen LogP) is 1.09. The number of sulfone groups is 1. The normalized spacial score (nSPS) is 11.4. The van der Waals surface area contributed by atoms with Crippen molar-refractivity contribution in [3.05, 3.63) is 18.2 Å². The second kappa shape index (κ2) is 5.88. The Bertz CT molecular complexity index is 470. The molecule has 0 aromatic heterocycles. The lowest BCUT2D eigenvalue weighted by molar-refractivity contribution is 0.110. The minimum atomic E-state index is -3.33. The number of benzene rings is 1. The lowest BCUT2D eigenvalue weighted by Crippen LogP contribution is -2.09. The summed E-state index contributed by atoms with van der Waals surface area (Å²) < 4.78 is 33.3. The average molecular weight is 259 g/mol. The number of rotatable bonds is 6. The molecule has 0 aliphatic heterocycles. The average Bonchev–Trinajstić information content (AvgIpc) is 2.25. The topological polar surface area (TPSA) is 78.6 Å². The first-order valence-corrected chi connectivity index (χ1v) is 7.15. The second-order valence-electron chi connectivity index (χ2n) is 3.49. The SMILES string of the molecule is CCOCCOc1cccc(S(C)(=O)=O)c1N. The van der Waals surface area contributed by atoms with Crippen molar-refractivity contribution in [1.82, 2.24) is 0 Å². The first kappa shape index (κ1) is 13.8. The Kier molecular flexibility index (Phi) is 4.77. The Morgan fingerprint density at radius 1 is 1.29 bits per heavy atom. The summed E-state index contributed by atoms with van der Waals surface area (Å²) in [6, 6.07) is 4.69. The molecule has 17 heavy (non-hydrogen) atoms. The first-order chi connectivity index (χ1) is 7.96. The summed E-state index contributed by atoms with van der Waals surface area (Å²) in [6.45, 7) is 3.28. The van der Waals surface area contributed by atoms with Crippen LogP contribution in [0.2, 0.25) is 0 Å². The second-order valence-corrected chi connectivity index (χ2v) is 5.47. The van der Waals surface area contributed by atoms with Gasteiger partial charge in [0.1, 0.15) is 12.4 Å². The van der Waals surface area contributed by atoms with Crippen molar-refractivity contribution in [2.24, 2.45) is 0 Å². The van der Waals surface area contributed by atoms with Gasteiger partial charge in [0.05, 0.1) is 17.2 Å². The van der Waals surface area contributed by atoms with Crippen LogP contribution in [0.4, 0.5) is 5.69 Å². The van der Waals surface area contributed by atoms with Crippen molar-refractivity contribution in [1.29, 1.82) is 0 Å². The molecule has 1 aromatic carbocycles. The van der Waals surface area contributed by atoms with Crippen LogP contribution in [0.1, 0.15) is 6.92 Å². The van der Waals surface area contributed by atoms with Crippen molar-refractivity contribution in [3.63, 3.8) is 0 Å². The van der Waals surface area contributed by atoms with E-state index in [-0.39, 0.29) is 10.6 Å². The van der Waals surface area contributed by atoms with Crippen LogP contribution in [0.15, 0.2) is 23.1 Å². The number of hydrogen-bond donors (Lipinski definition) is 1. The van der Waals surface area contributed by atoms with E-state index in [0.717, 1.165) is 6.26 Å². The zero-order valence-electron chi connectivity index (χ0n) is 9.97. The minimum absolute atomic E-state index is 0.0893. The van der Waals surface area contributed by atoms with E-state index < -0.39 is 9.84 Å². The van der Waals surface area contributed by atoms with Crippen LogP contribution < -0.4 is 10.5 Å². The van der Waals surface area contributed by atoms with Gasteiger partial charge in [-0.1, -0.05) is 6.07 Å². The fraction of sp³-hybridized carbons (Fsp3) is 0.455. The molecule has 0 amide bonds. The Morgan fingerprint density at radius 3 is 2.59 bits per heavy atom. The van der Waals surface area contributed by atoms with Gasteiger partial charge in [0.15, 0.2) is 9.84 Å². The number of para-hydroxylation sites is 1. The van der Waals surface area contributed by atoms with Crippen LogP contribution >= 0.6 is 0 Å². The monoisotopic (exact) mass is 259 g/mol. The van der Waals surface area contributed by atoms with Gasteiger partial charge in [0.2, 0.25) is 0 Å². The first-order valence-electron chi connectivity index (χ1n) is 5.26. The Labute approximate surface area is 101 Å². The van der Waals surface area contributed by atoms with Crippen LogP contribution in [0.5, 0.6) is 5.75 Å². The maximum absolute atomic E-state index is 11.4. The van der Waals surface area contributed by atoms with Crippen LogP contribution in [-0.4, -0.2) is 34.5 Å². The van der Waals surface area contributed by atoms with Crippen molar-refractivity contribution < 1.29 is 17.9 Å². The summed E-state index contributed by atoms with van der Waals surface area (Å²) in [5, 5.41) is 0. The molecule has 1 rings (SSSR count). The maximum atomic E-state index is 11.4. The van der Waals surface area contributed by atoms with E-state index >= 15 is 0 Å². The quantitative estimate of drug-likeness (QED) is 0.611. The molecule has 0 spiro atoms. The van der Waals surface area contributed by atoms with E-state index in [1.165, 1.54) is 6.07 Å². The fourth-order valence-electron chi connectivity index (χ4n) is 1.33. The minimum Gasteiger partial charge on any atom is -0.489 e. The van der Waals surface area contributed by atoms with Gasteiger partial charge in [-0.05, 0) is 19.1 Å². The standard InChI is InChI=1S/C11H17NO4S/c1-3-15-7-8-16-9-5-4-6-10(11(9)12)17(2,13)14/h4-6H,3,7-8,12H2,1-2H3. The van der Waals surface area contributed by atoms with Crippen LogP contribution in [0, 0.1) is 0 Å². The number of anilines is 1. The van der Waals surface area contributed by atoms with Gasteiger partial charge in [-0.3, -0.25) is 0 Å². The predicted molar refractivity (Wildman–Crippen MR) is 66.0 cm³/mol. The molecule has 6 heteroatoms. The lowest BCUT2D eigenvalue weighted by Gasteiger charge is -2.11. The molecule has 0 fully saturated rings. The molecule has 0 unspecified atom stereocenters. The molecule has 0 radical (unpaired) electrons. The van der Waals surface area contributed by atoms with Crippen LogP contribution in [0.3, 0.4) is 0 Å². The maximum Gasteiger partial charge on any atom is 0.177 e. The van der Waals surface area contributed by atoms with E-state index in [0.29, 0.717) is 25.6 Å². The summed E-state index contributed by atoms with van der Waals surface area (Å²) in [7, 11) is -3.33. The smallest absolute Gasteiger partial charge is 0.177 e. The summed E-state index contributed by atoms with van der Waals surface area (Å²) in [5.41, 5.74) is 5.88. The number of ether oxygens (including phenoxy) is 2. The zero-order valence-corrected chi connectivity index (χ0v) is 10.8. The Morgan fingerprint density at radius 2 is 2.00 bits per heavy atom. The summed E-state index contributed by atoms with van der Waals surface area (Å²) >= 11 is 0. The molecule has 0 aliphatic rings. The largest absolute Gasteiger partial charge is 0.489 e. The number of nitrogens with two attached hydrogens (primary N) is 1. The van der Waals surface area contributed by atoms with Gasteiger partial charge in [-0.25, -0.2) is 8.42 Å². The zero-order chi connectivity index (χ0) is 12.9. The highest BCUT2D eigenvalue weighted by atomic mass is 32.2. The third-order valence-electron chi connectivity index (χ3n) is 2.11. The highest BCUT2D eigenvalue weighted by Gasteiger charge is 2.14. The third-order valence-corrected chi connectivity index (χ3v) is 3.27. The molecule has 0 saturated heterocycles. The summed E-state index contributed by atoms with van der Waals surface area (Å²) in [4.78, 5) is 0.0893. The molecule has 0 saturated carbocycles. The molecule has 5 nitrogen and oxygen atoms in total. The Hall–Kier alpha value is -1.27. The van der Waals surface area contributed by atoms with Crippen molar-refractivity contribution >= 4 is 15.5 Å². The number of nitrogen functional groups attached to an aromatic ring is 1. The van der Waals surface area contributed by atoms with Crippen LogP contribution in [-0.2, 0) is 14.6 Å². The third kappa shape index (κ3) is 3.90. The van der Waals surface area contributed by atoms with Gasteiger partial charge >= 0.3 is 0 Å². The van der Waals surface area contributed by atoms with Gasteiger partial charge in [-0.2, -0.15) is 0 Å². The molecule has 0 atom stereocenters. The summed E-state index contributed by atoms with van der Waals surface area (Å²) in [5.74, 6) is 0.368. The highest BCUT2D eigenvalue weighted by Crippen LogP contribution is 2.28. The van der Waals surface area contributed by atoms with Gasteiger partial charge in [0, 0.05) is 12.9 Å². The van der Waals surface area contributed by atoms with Crippen molar-refractivity contribution in [2.75, 3.05) is 31.8 Å². The van der Waals surface area contributed by atoms with E-state index in [2.05, 4.69) is 0 Å². The molecule has 0 bridgehead atoms. The van der Waals surface area contributed by atoms with Crippen molar-refractivity contribution in [3.8, 4) is 5.75 Å². The van der Waals surface area contributed by atoms with Crippen LogP contribution in [0.25, 0.3) is 0 Å². The van der Waals surface area contributed by atoms with E-state index in [1.807, 2.05) is 6.92 Å². The van der Waals surface area contributed by atoms with Gasteiger partial charge in [-0.15, -0.1) is 0 Å². The van der Waals surface area contributed by atoms with E-state index in [9.17, 15) is 8.42 Å². The molecular weight excluding hydrogens is 242 g/mol. The van der Waals surface area contributed by atoms with E-state index in [1.54, 1.807) is 12.1 Å². The number of hydrogen-bond acceptors (Lipinski definition) is 5. The molecule has 0 aliphatic carbocycles. The molecule has 2 N–H and O–H groups in total. The molecule has 96 valence electrons. The van der Waals surface area contributed by atoms with Crippen molar-refractivity contribution in [2.45, 2.75) is 11.8 Å². The summed E-state index contributed by atoms with van der Waals surface area (Å²) in [6.07, 6.45) is 1.11. The molecule has 0 heterocycles. The highest BCUT2D eigenvalue weighted by molar-refractivity contribution is 7.90.